The Balaban J connectivity index is 2.06. The molecule has 1 saturated carbocycles. The first-order valence-electron chi connectivity index (χ1n) is 8.17. The number of benzene rings is 1. The van der Waals surface area contributed by atoms with E-state index in [0.29, 0.717) is 12.5 Å². The standard InChI is InChI=1S/C18H28O3/c1-4-9-20-16-8-6-15(12-19)18(11-16)21-17-7-5-13(2)14(3)10-17/h6,8,11,13-14,17,19H,4-5,7,9-10,12H2,1-3H3. The van der Waals surface area contributed by atoms with Crippen LogP contribution in [0.25, 0.3) is 0 Å². The molecule has 3 heteroatoms. The fourth-order valence-electron chi connectivity index (χ4n) is 2.87. The predicted molar refractivity (Wildman–Crippen MR) is 84.7 cm³/mol. The fourth-order valence-corrected chi connectivity index (χ4v) is 2.87. The molecular weight excluding hydrogens is 264 g/mol. The number of hydrogen-bond acceptors (Lipinski definition) is 3. The van der Waals surface area contributed by atoms with Crippen LogP contribution in [0.5, 0.6) is 11.5 Å². The van der Waals surface area contributed by atoms with Crippen LogP contribution in [-0.2, 0) is 6.61 Å². The maximum atomic E-state index is 9.49. The third kappa shape index (κ3) is 4.37. The molecule has 0 aromatic heterocycles. The molecule has 21 heavy (non-hydrogen) atoms. The second-order valence-corrected chi connectivity index (χ2v) is 6.28. The van der Waals surface area contributed by atoms with Gasteiger partial charge in [0.25, 0.3) is 0 Å². The van der Waals surface area contributed by atoms with Crippen LogP contribution < -0.4 is 9.47 Å². The highest BCUT2D eigenvalue weighted by molar-refractivity contribution is 5.40. The van der Waals surface area contributed by atoms with Crippen molar-refractivity contribution in [1.29, 1.82) is 0 Å². The Bertz CT molecular complexity index is 444. The molecule has 0 spiro atoms. The van der Waals surface area contributed by atoms with Crippen LogP contribution in [-0.4, -0.2) is 17.8 Å². The first-order chi connectivity index (χ1) is 10.1. The van der Waals surface area contributed by atoms with Crippen LogP contribution in [0.1, 0.15) is 52.0 Å². The van der Waals surface area contributed by atoms with E-state index in [0.717, 1.165) is 42.2 Å². The lowest BCUT2D eigenvalue weighted by atomic mass is 9.80. The fraction of sp³-hybridized carbons (Fsp3) is 0.667. The summed E-state index contributed by atoms with van der Waals surface area (Å²) >= 11 is 0. The zero-order valence-corrected chi connectivity index (χ0v) is 13.5. The summed E-state index contributed by atoms with van der Waals surface area (Å²) in [6.07, 6.45) is 4.63. The number of ether oxygens (including phenoxy) is 2. The molecule has 0 aliphatic heterocycles. The molecule has 2 rings (SSSR count). The van der Waals surface area contributed by atoms with Crippen molar-refractivity contribution in [3.05, 3.63) is 23.8 Å². The van der Waals surface area contributed by atoms with Crippen LogP contribution in [0, 0.1) is 11.8 Å². The Hall–Kier alpha value is -1.22. The Morgan fingerprint density at radius 1 is 1.19 bits per heavy atom. The summed E-state index contributed by atoms with van der Waals surface area (Å²) in [7, 11) is 0. The topological polar surface area (TPSA) is 38.7 Å². The average molecular weight is 292 g/mol. The minimum Gasteiger partial charge on any atom is -0.493 e. The normalized spacial score (nSPS) is 25.6. The van der Waals surface area contributed by atoms with Crippen molar-refractivity contribution < 1.29 is 14.6 Å². The second-order valence-electron chi connectivity index (χ2n) is 6.28. The molecule has 1 aliphatic rings. The monoisotopic (exact) mass is 292 g/mol. The van der Waals surface area contributed by atoms with Gasteiger partial charge in [-0.3, -0.25) is 0 Å². The highest BCUT2D eigenvalue weighted by Crippen LogP contribution is 2.34. The second kappa shape index (κ2) is 7.69. The highest BCUT2D eigenvalue weighted by atomic mass is 16.5. The van der Waals surface area contributed by atoms with E-state index in [2.05, 4.69) is 20.8 Å². The highest BCUT2D eigenvalue weighted by Gasteiger charge is 2.26. The minimum absolute atomic E-state index is 0.00205. The molecule has 1 N–H and O–H groups in total. The van der Waals surface area contributed by atoms with E-state index < -0.39 is 0 Å². The summed E-state index contributed by atoms with van der Waals surface area (Å²) < 4.78 is 11.8. The third-order valence-corrected chi connectivity index (χ3v) is 4.53. The summed E-state index contributed by atoms with van der Waals surface area (Å²) in [5.41, 5.74) is 0.838. The van der Waals surface area contributed by atoms with Gasteiger partial charge in [0.15, 0.2) is 0 Å². The van der Waals surface area contributed by atoms with Crippen molar-refractivity contribution in [1.82, 2.24) is 0 Å². The quantitative estimate of drug-likeness (QED) is 0.855. The van der Waals surface area contributed by atoms with E-state index in [1.54, 1.807) is 0 Å². The van der Waals surface area contributed by atoms with E-state index in [4.69, 9.17) is 9.47 Å². The molecule has 3 atom stereocenters. The summed E-state index contributed by atoms with van der Waals surface area (Å²) in [5.74, 6) is 3.07. The lowest BCUT2D eigenvalue weighted by Gasteiger charge is -2.32. The van der Waals surface area contributed by atoms with Gasteiger partial charge in [0.2, 0.25) is 0 Å². The number of aliphatic hydroxyl groups excluding tert-OH is 1. The molecule has 1 aliphatic carbocycles. The molecule has 3 nitrogen and oxygen atoms in total. The van der Waals surface area contributed by atoms with Gasteiger partial charge in [0.1, 0.15) is 11.5 Å². The first kappa shape index (κ1) is 16.2. The smallest absolute Gasteiger partial charge is 0.128 e. The first-order valence-corrected chi connectivity index (χ1v) is 8.17. The maximum absolute atomic E-state index is 9.49. The number of aliphatic hydroxyl groups is 1. The van der Waals surface area contributed by atoms with Gasteiger partial charge >= 0.3 is 0 Å². The van der Waals surface area contributed by atoms with Gasteiger partial charge in [0, 0.05) is 11.6 Å². The van der Waals surface area contributed by atoms with Crippen LogP contribution in [0.4, 0.5) is 0 Å². The van der Waals surface area contributed by atoms with Crippen LogP contribution in [0.3, 0.4) is 0 Å². The Morgan fingerprint density at radius 3 is 2.67 bits per heavy atom. The Kier molecular flexibility index (Phi) is 5.92. The summed E-state index contributed by atoms with van der Waals surface area (Å²) in [5, 5.41) is 9.49. The molecule has 118 valence electrons. The Labute approximate surface area is 128 Å². The van der Waals surface area contributed by atoms with Gasteiger partial charge in [-0.25, -0.2) is 0 Å². The summed E-state index contributed by atoms with van der Waals surface area (Å²) in [4.78, 5) is 0. The molecular formula is C18H28O3. The number of rotatable bonds is 6. The molecule has 0 saturated heterocycles. The third-order valence-electron chi connectivity index (χ3n) is 4.53. The van der Waals surface area contributed by atoms with Gasteiger partial charge in [-0.1, -0.05) is 20.8 Å². The molecule has 0 radical (unpaired) electrons. The van der Waals surface area contributed by atoms with Crippen molar-refractivity contribution in [2.75, 3.05) is 6.61 Å². The van der Waals surface area contributed by atoms with E-state index in [-0.39, 0.29) is 12.7 Å². The van der Waals surface area contributed by atoms with Crippen molar-refractivity contribution >= 4 is 0 Å². The molecule has 0 bridgehead atoms. The zero-order valence-electron chi connectivity index (χ0n) is 13.5. The lowest BCUT2D eigenvalue weighted by molar-refractivity contribution is 0.0978. The van der Waals surface area contributed by atoms with Crippen LogP contribution in [0.15, 0.2) is 18.2 Å². The summed E-state index contributed by atoms with van der Waals surface area (Å²) in [6.45, 7) is 7.41. The SMILES string of the molecule is CCCOc1ccc(CO)c(OC2CCC(C)C(C)C2)c1. The molecule has 1 fully saturated rings. The van der Waals surface area contributed by atoms with E-state index in [9.17, 15) is 5.11 Å². The molecule has 1 aromatic rings. The van der Waals surface area contributed by atoms with Crippen molar-refractivity contribution in [2.45, 2.75) is 59.2 Å². The van der Waals surface area contributed by atoms with E-state index in [1.807, 2.05) is 18.2 Å². The minimum atomic E-state index is 0.00205. The van der Waals surface area contributed by atoms with E-state index in [1.165, 1.54) is 6.42 Å². The molecule has 3 unspecified atom stereocenters. The Morgan fingerprint density at radius 2 is 2.00 bits per heavy atom. The van der Waals surface area contributed by atoms with Gasteiger partial charge in [-0.15, -0.1) is 0 Å². The largest absolute Gasteiger partial charge is 0.493 e. The van der Waals surface area contributed by atoms with Crippen LogP contribution in [0.2, 0.25) is 0 Å². The van der Waals surface area contributed by atoms with Crippen molar-refractivity contribution in [2.24, 2.45) is 11.8 Å². The maximum Gasteiger partial charge on any atom is 0.128 e. The van der Waals surface area contributed by atoms with Crippen molar-refractivity contribution in [3.63, 3.8) is 0 Å². The molecule has 0 heterocycles. The van der Waals surface area contributed by atoms with E-state index >= 15 is 0 Å². The molecule has 1 aromatic carbocycles. The van der Waals surface area contributed by atoms with Crippen LogP contribution >= 0.6 is 0 Å². The lowest BCUT2D eigenvalue weighted by Crippen LogP contribution is -2.29. The summed E-state index contributed by atoms with van der Waals surface area (Å²) in [6, 6.07) is 5.72. The average Bonchev–Trinajstić information content (AvgIpc) is 2.49. The number of hydrogen-bond donors (Lipinski definition) is 1. The molecule has 0 amide bonds. The van der Waals surface area contributed by atoms with Gasteiger partial charge < -0.3 is 14.6 Å². The van der Waals surface area contributed by atoms with Gasteiger partial charge in [-0.2, -0.15) is 0 Å². The predicted octanol–water partition coefficient (Wildman–Crippen LogP) is 4.17. The van der Waals surface area contributed by atoms with Crippen molar-refractivity contribution in [3.8, 4) is 11.5 Å². The van der Waals surface area contributed by atoms with Gasteiger partial charge in [-0.05, 0) is 49.7 Å². The zero-order chi connectivity index (χ0) is 15.2. The van der Waals surface area contributed by atoms with Gasteiger partial charge in [0.05, 0.1) is 19.3 Å².